The van der Waals surface area contributed by atoms with Gasteiger partial charge in [0.2, 0.25) is 5.91 Å². The summed E-state index contributed by atoms with van der Waals surface area (Å²) in [4.78, 5) is 33.5. The van der Waals surface area contributed by atoms with E-state index in [1.54, 1.807) is 35.9 Å². The van der Waals surface area contributed by atoms with Gasteiger partial charge < -0.3 is 15.8 Å². The third-order valence-electron chi connectivity index (χ3n) is 8.78. The molecule has 1 aliphatic carbocycles. The van der Waals surface area contributed by atoms with E-state index in [4.69, 9.17) is 27.1 Å². The highest BCUT2D eigenvalue weighted by Crippen LogP contribution is 2.39. The number of aryl methyl sites for hydroxylation is 1. The van der Waals surface area contributed by atoms with Crippen LogP contribution < -0.4 is 15.8 Å². The number of ether oxygens (including phenoxy) is 1. The zero-order valence-electron chi connectivity index (χ0n) is 25.2. The third kappa shape index (κ3) is 5.58. The van der Waals surface area contributed by atoms with Crippen molar-refractivity contribution in [1.29, 1.82) is 0 Å². The number of carbonyl (C=O) groups is 2. The molecule has 2 heterocycles. The van der Waals surface area contributed by atoms with Gasteiger partial charge in [-0.1, -0.05) is 36.2 Å². The molecule has 7 nitrogen and oxygen atoms in total. The predicted octanol–water partition coefficient (Wildman–Crippen LogP) is 7.58. The van der Waals surface area contributed by atoms with Crippen molar-refractivity contribution in [2.24, 2.45) is 5.73 Å². The number of pyridine rings is 1. The van der Waals surface area contributed by atoms with Crippen LogP contribution in [0.4, 0.5) is 5.69 Å². The molecule has 1 amide bonds. The van der Waals surface area contributed by atoms with Gasteiger partial charge in [-0.25, -0.2) is 0 Å². The van der Waals surface area contributed by atoms with Crippen molar-refractivity contribution in [3.63, 3.8) is 0 Å². The molecule has 0 fully saturated rings. The first kappa shape index (κ1) is 29.9. The van der Waals surface area contributed by atoms with Crippen molar-refractivity contribution in [2.45, 2.75) is 57.8 Å². The van der Waals surface area contributed by atoms with Crippen molar-refractivity contribution in [3.8, 4) is 5.75 Å². The number of rotatable bonds is 9. The molecule has 3 aromatic carbocycles. The van der Waals surface area contributed by atoms with Crippen molar-refractivity contribution in [2.75, 3.05) is 19.0 Å². The monoisotopic (exact) mass is 608 g/mol. The third-order valence-corrected chi connectivity index (χ3v) is 9.04. The molecule has 1 aliphatic rings. The second-order valence-electron chi connectivity index (χ2n) is 11.5. The lowest BCUT2D eigenvalue weighted by Gasteiger charge is -2.24. The number of anilines is 1. The Balaban J connectivity index is 1.50. The number of carbonyl (C=O) groups excluding carboxylic acids is 2. The van der Waals surface area contributed by atoms with Crippen molar-refractivity contribution >= 4 is 50.9 Å². The van der Waals surface area contributed by atoms with Crippen LogP contribution in [0.2, 0.25) is 5.02 Å². The lowest BCUT2D eigenvalue weighted by Crippen LogP contribution is -2.24. The number of methoxy groups -OCH3 is 1. The van der Waals surface area contributed by atoms with E-state index in [2.05, 4.69) is 5.32 Å². The molecule has 0 radical (unpaired) electrons. The fourth-order valence-corrected chi connectivity index (χ4v) is 6.72. The Bertz CT molecular complexity index is 1860. The Kier molecular flexibility index (Phi) is 8.69. The molecular formula is C36H37ClN4O3. The molecule has 0 saturated heterocycles. The SMILES string of the molecule is COc1ccc2c(c1)c(C(CCCCN)C(=O)Nc1c3c(nc4ccccc14)CCCC3)c(C)n2C(=O)c1ccc(Cl)cc1. The van der Waals surface area contributed by atoms with Crippen molar-refractivity contribution in [1.82, 2.24) is 9.55 Å². The summed E-state index contributed by atoms with van der Waals surface area (Å²) in [5, 5.41) is 5.71. The quantitative estimate of drug-likeness (QED) is 0.168. The van der Waals surface area contributed by atoms with Gasteiger partial charge in [0.15, 0.2) is 0 Å². The van der Waals surface area contributed by atoms with Crippen LogP contribution in [0.1, 0.15) is 70.9 Å². The van der Waals surface area contributed by atoms with E-state index in [0.29, 0.717) is 29.3 Å². The molecule has 3 N–H and O–H groups in total. The van der Waals surface area contributed by atoms with Gasteiger partial charge in [0.1, 0.15) is 5.75 Å². The zero-order valence-corrected chi connectivity index (χ0v) is 25.9. The molecule has 0 saturated carbocycles. The van der Waals surface area contributed by atoms with Crippen molar-refractivity contribution < 1.29 is 14.3 Å². The van der Waals surface area contributed by atoms with E-state index in [0.717, 1.165) is 88.5 Å². The minimum Gasteiger partial charge on any atom is -0.497 e. The number of nitrogens with one attached hydrogen (secondary N) is 1. The number of benzene rings is 3. The van der Waals surface area contributed by atoms with Crippen LogP contribution >= 0.6 is 11.6 Å². The van der Waals surface area contributed by atoms with Gasteiger partial charge in [-0.15, -0.1) is 0 Å². The average molecular weight is 609 g/mol. The number of fused-ring (bicyclic) bond motifs is 3. The van der Waals surface area contributed by atoms with Crippen LogP contribution in [-0.4, -0.2) is 35.0 Å². The highest BCUT2D eigenvalue weighted by molar-refractivity contribution is 6.30. The predicted molar refractivity (Wildman–Crippen MR) is 177 cm³/mol. The minimum atomic E-state index is -0.526. The molecule has 1 atom stereocenters. The lowest BCUT2D eigenvalue weighted by molar-refractivity contribution is -0.117. The van der Waals surface area contributed by atoms with Crippen LogP contribution in [0.3, 0.4) is 0 Å². The van der Waals surface area contributed by atoms with Gasteiger partial charge in [-0.05, 0) is 112 Å². The maximum atomic E-state index is 14.6. The maximum absolute atomic E-state index is 14.6. The van der Waals surface area contributed by atoms with Crippen molar-refractivity contribution in [3.05, 3.63) is 99.8 Å². The Morgan fingerprint density at radius 1 is 1.02 bits per heavy atom. The largest absolute Gasteiger partial charge is 0.497 e. The molecule has 2 aromatic heterocycles. The molecule has 6 rings (SSSR count). The highest BCUT2D eigenvalue weighted by Gasteiger charge is 2.31. The Morgan fingerprint density at radius 2 is 1.80 bits per heavy atom. The van der Waals surface area contributed by atoms with Gasteiger partial charge in [0.25, 0.3) is 5.91 Å². The molecule has 1 unspecified atom stereocenters. The topological polar surface area (TPSA) is 99.2 Å². The maximum Gasteiger partial charge on any atom is 0.262 e. The second-order valence-corrected chi connectivity index (χ2v) is 11.9. The summed E-state index contributed by atoms with van der Waals surface area (Å²) in [7, 11) is 1.62. The fourth-order valence-electron chi connectivity index (χ4n) is 6.60. The second kappa shape index (κ2) is 12.8. The van der Waals surface area contributed by atoms with E-state index in [1.165, 1.54) is 0 Å². The zero-order chi connectivity index (χ0) is 30.8. The molecule has 44 heavy (non-hydrogen) atoms. The molecular weight excluding hydrogens is 572 g/mol. The molecule has 0 aliphatic heterocycles. The number of para-hydroxylation sites is 1. The van der Waals surface area contributed by atoms with Crippen LogP contribution in [0.15, 0.2) is 66.7 Å². The molecule has 226 valence electrons. The van der Waals surface area contributed by atoms with Crippen LogP contribution in [0.25, 0.3) is 21.8 Å². The first-order chi connectivity index (χ1) is 21.4. The summed E-state index contributed by atoms with van der Waals surface area (Å²) in [6, 6.07) is 20.5. The molecule has 5 aromatic rings. The van der Waals surface area contributed by atoms with Crippen LogP contribution in [-0.2, 0) is 17.6 Å². The summed E-state index contributed by atoms with van der Waals surface area (Å²) in [5.74, 6) is -0.155. The summed E-state index contributed by atoms with van der Waals surface area (Å²) in [5.41, 5.74) is 12.6. The van der Waals surface area contributed by atoms with E-state index in [9.17, 15) is 9.59 Å². The number of halogens is 1. The summed E-state index contributed by atoms with van der Waals surface area (Å²) < 4.78 is 7.31. The summed E-state index contributed by atoms with van der Waals surface area (Å²) in [6.45, 7) is 2.46. The number of amides is 1. The Hall–Kier alpha value is -4.20. The number of aromatic nitrogens is 2. The minimum absolute atomic E-state index is 0.102. The number of nitrogens with two attached hydrogens (primary N) is 1. The van der Waals surface area contributed by atoms with Crippen LogP contribution in [0.5, 0.6) is 5.75 Å². The first-order valence-electron chi connectivity index (χ1n) is 15.3. The summed E-state index contributed by atoms with van der Waals surface area (Å²) >= 11 is 6.12. The summed E-state index contributed by atoms with van der Waals surface area (Å²) in [6.07, 6.45) is 6.09. The van der Waals surface area contributed by atoms with E-state index < -0.39 is 5.92 Å². The number of unbranched alkanes of at least 4 members (excludes halogenated alkanes) is 1. The standard InChI is InChI=1S/C36H37ClN4O3/c1-22-33(29-21-25(44-2)18-19-32(29)41(22)36(43)23-14-16-24(37)17-15-23)28(11-7-8-20-38)35(42)40-34-26-9-3-5-12-30(26)39-31-13-6-4-10-27(31)34/h3,5,9,12,14-19,21,28H,4,6-8,10-11,13,20,38H2,1-2H3,(H,39,40,42). The van der Waals surface area contributed by atoms with Gasteiger partial charge in [0, 0.05) is 32.7 Å². The lowest BCUT2D eigenvalue weighted by atomic mass is 9.89. The Labute approximate surface area is 262 Å². The van der Waals surface area contributed by atoms with Gasteiger partial charge >= 0.3 is 0 Å². The van der Waals surface area contributed by atoms with E-state index in [-0.39, 0.29) is 11.8 Å². The normalized spacial score (nSPS) is 13.5. The Morgan fingerprint density at radius 3 is 2.57 bits per heavy atom. The van der Waals surface area contributed by atoms with Gasteiger partial charge in [-0.3, -0.25) is 19.1 Å². The smallest absolute Gasteiger partial charge is 0.262 e. The average Bonchev–Trinajstić information content (AvgIpc) is 3.33. The van der Waals surface area contributed by atoms with E-state index >= 15 is 0 Å². The number of hydrogen-bond acceptors (Lipinski definition) is 5. The van der Waals surface area contributed by atoms with Gasteiger partial charge in [0.05, 0.1) is 29.7 Å². The first-order valence-corrected chi connectivity index (χ1v) is 15.7. The van der Waals surface area contributed by atoms with Gasteiger partial charge in [-0.2, -0.15) is 0 Å². The molecule has 8 heteroatoms. The molecule has 0 bridgehead atoms. The number of hydrogen-bond donors (Lipinski definition) is 2. The fraction of sp³-hybridized carbons (Fsp3) is 0.306. The number of nitrogens with zero attached hydrogens (tertiary/aromatic N) is 2. The van der Waals surface area contributed by atoms with Crippen LogP contribution in [0, 0.1) is 6.92 Å². The van der Waals surface area contributed by atoms with E-state index in [1.807, 2.05) is 49.4 Å². The molecule has 0 spiro atoms. The highest BCUT2D eigenvalue weighted by atomic mass is 35.5.